The molecule has 0 atom stereocenters. The summed E-state index contributed by atoms with van der Waals surface area (Å²) >= 11 is 0. The smallest absolute Gasteiger partial charge is 0.219 e. The van der Waals surface area contributed by atoms with Crippen LogP contribution in [-0.4, -0.2) is 16.8 Å². The lowest BCUT2D eigenvalue weighted by Gasteiger charge is -2.07. The molecule has 0 aliphatic rings. The van der Waals surface area contributed by atoms with E-state index in [-0.39, 0.29) is 0 Å². The van der Waals surface area contributed by atoms with Gasteiger partial charge in [-0.05, 0) is 30.2 Å². The molecule has 2 rings (SSSR count). The average molecular weight is 232 g/mol. The van der Waals surface area contributed by atoms with Crippen LogP contribution in [0.15, 0.2) is 24.4 Å². The maximum atomic E-state index is 5.61. The Hall–Kier alpha value is -2.17. The van der Waals surface area contributed by atoms with E-state index in [2.05, 4.69) is 11.9 Å². The van der Waals surface area contributed by atoms with Crippen molar-refractivity contribution in [2.45, 2.75) is 13.3 Å². The molecule has 0 bridgehead atoms. The first-order chi connectivity index (χ1) is 8.15. The minimum Gasteiger partial charge on any atom is -0.496 e. The van der Waals surface area contributed by atoms with E-state index in [1.807, 2.05) is 18.2 Å². The van der Waals surface area contributed by atoms with Crippen molar-refractivity contribution in [1.82, 2.24) is 9.66 Å². The zero-order valence-electron chi connectivity index (χ0n) is 9.97. The molecule has 0 radical (unpaired) electrons. The summed E-state index contributed by atoms with van der Waals surface area (Å²) < 4.78 is 6.59. The third kappa shape index (κ3) is 2.04. The fraction of sp³-hybridized carbons (Fsp3) is 0.250. The van der Waals surface area contributed by atoms with Crippen LogP contribution >= 0.6 is 0 Å². The standard InChI is InChI=1S/C12H16N4O/c1-3-8-6-9(4-5-11(8)17-2)10-7-16(14)12(13)15-10/h4-7H,3,14H2,1-2H3,(H2,13,15). The molecular formula is C12H16N4O. The number of nitrogens with zero attached hydrogens (tertiary/aromatic N) is 2. The Morgan fingerprint density at radius 2 is 2.18 bits per heavy atom. The third-order valence-electron chi connectivity index (χ3n) is 2.72. The van der Waals surface area contributed by atoms with Gasteiger partial charge in [0.15, 0.2) is 0 Å². The van der Waals surface area contributed by atoms with Crippen LogP contribution in [-0.2, 0) is 6.42 Å². The Kier molecular flexibility index (Phi) is 2.91. The van der Waals surface area contributed by atoms with Crippen LogP contribution in [0.4, 0.5) is 5.95 Å². The zero-order chi connectivity index (χ0) is 12.4. The molecule has 5 heteroatoms. The van der Waals surface area contributed by atoms with Crippen LogP contribution < -0.4 is 16.3 Å². The number of imidazole rings is 1. The van der Waals surface area contributed by atoms with Crippen LogP contribution in [0, 0.1) is 0 Å². The van der Waals surface area contributed by atoms with Gasteiger partial charge in [-0.3, -0.25) is 0 Å². The molecule has 0 fully saturated rings. The van der Waals surface area contributed by atoms with Gasteiger partial charge in [-0.2, -0.15) is 0 Å². The minimum absolute atomic E-state index is 0.300. The minimum atomic E-state index is 0.300. The molecule has 0 saturated heterocycles. The zero-order valence-corrected chi connectivity index (χ0v) is 9.97. The van der Waals surface area contributed by atoms with Crippen molar-refractivity contribution in [3.63, 3.8) is 0 Å². The van der Waals surface area contributed by atoms with Crippen molar-refractivity contribution in [2.24, 2.45) is 0 Å². The molecule has 0 amide bonds. The van der Waals surface area contributed by atoms with Gasteiger partial charge in [0, 0.05) is 5.56 Å². The Balaban J connectivity index is 2.46. The molecule has 1 heterocycles. The Morgan fingerprint density at radius 1 is 1.41 bits per heavy atom. The van der Waals surface area contributed by atoms with Crippen molar-refractivity contribution in [3.05, 3.63) is 30.0 Å². The van der Waals surface area contributed by atoms with Crippen molar-refractivity contribution >= 4 is 5.95 Å². The molecule has 0 unspecified atom stereocenters. The van der Waals surface area contributed by atoms with Gasteiger partial charge in [-0.25, -0.2) is 9.66 Å². The van der Waals surface area contributed by atoms with Gasteiger partial charge in [0.2, 0.25) is 5.95 Å². The highest BCUT2D eigenvalue weighted by Gasteiger charge is 2.08. The number of rotatable bonds is 3. The molecule has 90 valence electrons. The highest BCUT2D eigenvalue weighted by atomic mass is 16.5. The van der Waals surface area contributed by atoms with Crippen molar-refractivity contribution < 1.29 is 4.74 Å². The number of aromatic nitrogens is 2. The molecule has 0 saturated carbocycles. The van der Waals surface area contributed by atoms with Gasteiger partial charge in [-0.15, -0.1) is 0 Å². The molecular weight excluding hydrogens is 216 g/mol. The quantitative estimate of drug-likeness (QED) is 0.784. The molecule has 0 aliphatic heterocycles. The lowest BCUT2D eigenvalue weighted by Crippen LogP contribution is -2.09. The summed E-state index contributed by atoms with van der Waals surface area (Å²) in [5.41, 5.74) is 8.49. The predicted octanol–water partition coefficient (Wildman–Crippen LogP) is 1.42. The normalized spacial score (nSPS) is 10.5. The van der Waals surface area contributed by atoms with Gasteiger partial charge in [0.1, 0.15) is 5.75 Å². The predicted molar refractivity (Wildman–Crippen MR) is 68.2 cm³/mol. The van der Waals surface area contributed by atoms with Crippen molar-refractivity contribution in [2.75, 3.05) is 18.7 Å². The molecule has 17 heavy (non-hydrogen) atoms. The SMILES string of the molecule is CCc1cc(-c2cn(N)c(N)n2)ccc1OC. The maximum absolute atomic E-state index is 5.61. The fourth-order valence-electron chi connectivity index (χ4n) is 1.76. The van der Waals surface area contributed by atoms with E-state index in [1.165, 1.54) is 4.68 Å². The molecule has 0 aliphatic carbocycles. The monoisotopic (exact) mass is 232 g/mol. The second-order valence-corrected chi connectivity index (χ2v) is 3.77. The van der Waals surface area contributed by atoms with Crippen LogP contribution in [0.1, 0.15) is 12.5 Å². The number of nitrogens with two attached hydrogens (primary N) is 2. The Bertz CT molecular complexity index is 514. The van der Waals surface area contributed by atoms with Crippen LogP contribution in [0.3, 0.4) is 0 Å². The van der Waals surface area contributed by atoms with E-state index >= 15 is 0 Å². The number of hydrogen-bond donors (Lipinski definition) is 2. The van der Waals surface area contributed by atoms with Crippen LogP contribution in [0.2, 0.25) is 0 Å². The van der Waals surface area contributed by atoms with Crippen molar-refractivity contribution in [1.29, 1.82) is 0 Å². The van der Waals surface area contributed by atoms with Gasteiger partial charge in [-0.1, -0.05) is 6.92 Å². The highest BCUT2D eigenvalue weighted by Crippen LogP contribution is 2.26. The number of nitrogen functional groups attached to an aromatic ring is 2. The van der Waals surface area contributed by atoms with Crippen LogP contribution in [0.5, 0.6) is 5.75 Å². The lowest BCUT2D eigenvalue weighted by molar-refractivity contribution is 0.410. The highest BCUT2D eigenvalue weighted by molar-refractivity contribution is 5.63. The number of anilines is 1. The third-order valence-corrected chi connectivity index (χ3v) is 2.72. The second-order valence-electron chi connectivity index (χ2n) is 3.77. The summed E-state index contributed by atoms with van der Waals surface area (Å²) in [7, 11) is 1.67. The first kappa shape index (κ1) is 11.3. The number of hydrogen-bond acceptors (Lipinski definition) is 4. The molecule has 4 N–H and O–H groups in total. The topological polar surface area (TPSA) is 79.1 Å². The molecule has 5 nitrogen and oxygen atoms in total. The number of aryl methyl sites for hydroxylation is 1. The number of methoxy groups -OCH3 is 1. The maximum Gasteiger partial charge on any atom is 0.219 e. The van der Waals surface area contributed by atoms with Gasteiger partial charge < -0.3 is 16.3 Å². The van der Waals surface area contributed by atoms with E-state index < -0.39 is 0 Å². The summed E-state index contributed by atoms with van der Waals surface area (Å²) in [5.74, 6) is 6.79. The van der Waals surface area contributed by atoms with Gasteiger partial charge >= 0.3 is 0 Å². The largest absolute Gasteiger partial charge is 0.496 e. The first-order valence-corrected chi connectivity index (χ1v) is 5.43. The fourth-order valence-corrected chi connectivity index (χ4v) is 1.76. The lowest BCUT2D eigenvalue weighted by atomic mass is 10.1. The summed E-state index contributed by atoms with van der Waals surface area (Å²) in [4.78, 5) is 4.19. The first-order valence-electron chi connectivity index (χ1n) is 5.43. The van der Waals surface area contributed by atoms with E-state index in [9.17, 15) is 0 Å². The van der Waals surface area contributed by atoms with E-state index in [1.54, 1.807) is 13.3 Å². The molecule has 0 spiro atoms. The average Bonchev–Trinajstić information content (AvgIpc) is 2.68. The molecule has 2 aromatic rings. The van der Waals surface area contributed by atoms with Gasteiger partial charge in [0.05, 0.1) is 19.0 Å². The number of ether oxygens (including phenoxy) is 1. The van der Waals surface area contributed by atoms with E-state index in [0.29, 0.717) is 5.95 Å². The summed E-state index contributed by atoms with van der Waals surface area (Å²) in [5, 5.41) is 0. The Morgan fingerprint density at radius 3 is 2.71 bits per heavy atom. The molecule has 1 aromatic carbocycles. The van der Waals surface area contributed by atoms with E-state index in [0.717, 1.165) is 29.0 Å². The Labute approximate surface area is 100.0 Å². The second kappa shape index (κ2) is 4.37. The van der Waals surface area contributed by atoms with E-state index in [4.69, 9.17) is 16.3 Å². The van der Waals surface area contributed by atoms with Crippen molar-refractivity contribution in [3.8, 4) is 17.0 Å². The summed E-state index contributed by atoms with van der Waals surface area (Å²) in [6.07, 6.45) is 2.60. The van der Waals surface area contributed by atoms with Gasteiger partial charge in [0.25, 0.3) is 0 Å². The van der Waals surface area contributed by atoms with Crippen LogP contribution in [0.25, 0.3) is 11.3 Å². The number of benzene rings is 1. The summed E-state index contributed by atoms with van der Waals surface area (Å²) in [6.45, 7) is 2.08. The molecule has 1 aromatic heterocycles. The summed E-state index contributed by atoms with van der Waals surface area (Å²) in [6, 6.07) is 5.92.